The number of nitrogens with zero attached hydrogens (tertiary/aromatic N) is 5. The van der Waals surface area contributed by atoms with Crippen LogP contribution in [-0.2, 0) is 4.74 Å². The summed E-state index contributed by atoms with van der Waals surface area (Å²) in [4.78, 5) is 21.5. The molecule has 210 valence electrons. The first-order chi connectivity index (χ1) is 18.2. The molecule has 2 aliphatic rings. The van der Waals surface area contributed by atoms with Crippen LogP contribution in [0, 0.1) is 29.4 Å². The molecule has 0 bridgehead atoms. The molecule has 15 heteroatoms. The number of nitrogens with one attached hydrogen (secondary N) is 1. The van der Waals surface area contributed by atoms with Crippen LogP contribution in [0.15, 0.2) is 18.5 Å². The van der Waals surface area contributed by atoms with E-state index >= 15 is 8.78 Å². The first-order valence-corrected chi connectivity index (χ1v) is 12.4. The standard InChI is InChI=1S/C24H24ClF5N6O3/c1-23(2,3)39-22(37)35-6-12-13(7-35)14(12)8-38-11-4-15(26)17(16(27)5-11)18-19(25)34-21-32-10-33-36(21)20(18)31-9-24(28,29)30/h4-5,10,12-14,31H,6-9H2,1-3H3. The lowest BCUT2D eigenvalue weighted by Gasteiger charge is -2.25. The summed E-state index contributed by atoms with van der Waals surface area (Å²) in [5, 5.41) is 5.42. The van der Waals surface area contributed by atoms with E-state index in [1.165, 1.54) is 0 Å². The summed E-state index contributed by atoms with van der Waals surface area (Å²) in [6.45, 7) is 5.06. The molecule has 1 aliphatic heterocycles. The molecule has 1 saturated heterocycles. The Morgan fingerprint density at radius 3 is 2.36 bits per heavy atom. The lowest BCUT2D eigenvalue weighted by molar-refractivity contribution is -0.115. The number of alkyl halides is 3. The summed E-state index contributed by atoms with van der Waals surface area (Å²) < 4.78 is 81.2. The largest absolute Gasteiger partial charge is 0.493 e. The highest BCUT2D eigenvalue weighted by Crippen LogP contribution is 2.52. The zero-order valence-electron chi connectivity index (χ0n) is 21.0. The van der Waals surface area contributed by atoms with Gasteiger partial charge in [0, 0.05) is 31.1 Å². The number of carbonyl (C=O) groups is 1. The summed E-state index contributed by atoms with van der Waals surface area (Å²) in [5.74, 6) is -2.40. The second kappa shape index (κ2) is 9.65. The average molecular weight is 575 g/mol. The van der Waals surface area contributed by atoms with E-state index in [9.17, 15) is 18.0 Å². The zero-order valence-corrected chi connectivity index (χ0v) is 21.8. The van der Waals surface area contributed by atoms with Crippen LogP contribution in [0.1, 0.15) is 20.8 Å². The molecule has 1 saturated carbocycles. The Bertz CT molecular complexity index is 1390. The molecule has 2 fully saturated rings. The molecule has 0 radical (unpaired) electrons. The van der Waals surface area contributed by atoms with Gasteiger partial charge in [-0.15, -0.1) is 0 Å². The van der Waals surface area contributed by atoms with E-state index in [2.05, 4.69) is 20.4 Å². The Hall–Kier alpha value is -3.42. The van der Waals surface area contributed by atoms with Gasteiger partial charge in [0.1, 0.15) is 46.8 Å². The van der Waals surface area contributed by atoms with Crippen LogP contribution in [0.5, 0.6) is 5.75 Å². The van der Waals surface area contributed by atoms with E-state index in [1.54, 1.807) is 25.7 Å². The normalized spacial score (nSPS) is 20.7. The number of rotatable bonds is 6. The highest BCUT2D eigenvalue weighted by Gasteiger charge is 2.57. The van der Waals surface area contributed by atoms with E-state index in [0.29, 0.717) is 13.1 Å². The van der Waals surface area contributed by atoms with E-state index in [1.807, 2.05) is 0 Å². The van der Waals surface area contributed by atoms with Crippen LogP contribution in [-0.4, -0.2) is 68.6 Å². The Kier molecular flexibility index (Phi) is 6.72. The molecule has 1 aromatic carbocycles. The fourth-order valence-electron chi connectivity index (χ4n) is 4.82. The molecular weight excluding hydrogens is 551 g/mol. The van der Waals surface area contributed by atoms with Gasteiger partial charge in [0.2, 0.25) is 0 Å². The molecule has 2 atom stereocenters. The van der Waals surface area contributed by atoms with Crippen molar-refractivity contribution in [3.63, 3.8) is 0 Å². The van der Waals surface area contributed by atoms with Gasteiger partial charge in [-0.1, -0.05) is 11.6 Å². The van der Waals surface area contributed by atoms with Crippen molar-refractivity contribution in [1.82, 2.24) is 24.5 Å². The minimum Gasteiger partial charge on any atom is -0.493 e. The maximum absolute atomic E-state index is 15.2. The van der Waals surface area contributed by atoms with Crippen molar-refractivity contribution in [3.05, 3.63) is 35.2 Å². The molecule has 3 aromatic rings. The number of amides is 1. The number of piperidine rings is 1. The summed E-state index contributed by atoms with van der Waals surface area (Å²) >= 11 is 6.15. The molecule has 39 heavy (non-hydrogen) atoms. The van der Waals surface area contributed by atoms with Gasteiger partial charge in [0.05, 0.1) is 17.7 Å². The number of hydrogen-bond acceptors (Lipinski definition) is 7. The van der Waals surface area contributed by atoms with Crippen LogP contribution in [0.4, 0.5) is 32.6 Å². The summed E-state index contributed by atoms with van der Waals surface area (Å²) in [7, 11) is 0. The third-order valence-corrected chi connectivity index (χ3v) is 6.84. The van der Waals surface area contributed by atoms with Gasteiger partial charge in [-0.25, -0.2) is 13.6 Å². The maximum atomic E-state index is 15.2. The molecule has 5 rings (SSSR count). The van der Waals surface area contributed by atoms with Crippen LogP contribution >= 0.6 is 11.6 Å². The quantitative estimate of drug-likeness (QED) is 0.320. The molecule has 1 N–H and O–H groups in total. The second-order valence-corrected chi connectivity index (χ2v) is 10.9. The monoisotopic (exact) mass is 574 g/mol. The van der Waals surface area contributed by atoms with Gasteiger partial charge in [-0.3, -0.25) is 0 Å². The van der Waals surface area contributed by atoms with Gasteiger partial charge in [0.25, 0.3) is 5.78 Å². The predicted molar refractivity (Wildman–Crippen MR) is 129 cm³/mol. The van der Waals surface area contributed by atoms with Gasteiger partial charge in [-0.2, -0.15) is 32.8 Å². The lowest BCUT2D eigenvalue weighted by Crippen LogP contribution is -2.37. The van der Waals surface area contributed by atoms with Crippen LogP contribution in [0.2, 0.25) is 5.15 Å². The molecular formula is C24H24ClF5N6O3. The van der Waals surface area contributed by atoms with Crippen molar-refractivity contribution in [1.29, 1.82) is 0 Å². The molecule has 2 unspecified atom stereocenters. The smallest absolute Gasteiger partial charge is 0.410 e. The molecule has 9 nitrogen and oxygen atoms in total. The Morgan fingerprint density at radius 2 is 1.77 bits per heavy atom. The summed E-state index contributed by atoms with van der Waals surface area (Å²) in [6.07, 6.45) is -4.00. The van der Waals surface area contributed by atoms with Crippen molar-refractivity contribution in [2.24, 2.45) is 17.8 Å². The number of halogens is 6. The van der Waals surface area contributed by atoms with Gasteiger partial charge in [-0.05, 0) is 32.6 Å². The minimum absolute atomic E-state index is 0.0987. The predicted octanol–water partition coefficient (Wildman–Crippen LogP) is 5.19. The third-order valence-electron chi connectivity index (χ3n) is 6.57. The second-order valence-electron chi connectivity index (χ2n) is 10.5. The maximum Gasteiger partial charge on any atom is 0.410 e. The fourth-order valence-corrected chi connectivity index (χ4v) is 5.08. The minimum atomic E-state index is -4.64. The van der Waals surface area contributed by atoms with E-state index in [-0.39, 0.29) is 42.0 Å². The van der Waals surface area contributed by atoms with E-state index in [0.717, 1.165) is 23.0 Å². The highest BCUT2D eigenvalue weighted by atomic mass is 35.5. The molecule has 2 aromatic heterocycles. The van der Waals surface area contributed by atoms with Gasteiger partial charge in [0.15, 0.2) is 0 Å². The van der Waals surface area contributed by atoms with Crippen molar-refractivity contribution in [3.8, 4) is 16.9 Å². The van der Waals surface area contributed by atoms with Gasteiger partial charge < -0.3 is 19.7 Å². The topological polar surface area (TPSA) is 93.9 Å². The number of fused-ring (bicyclic) bond motifs is 2. The first-order valence-electron chi connectivity index (χ1n) is 12.0. The number of ether oxygens (including phenoxy) is 2. The number of benzene rings is 1. The van der Waals surface area contributed by atoms with Gasteiger partial charge >= 0.3 is 12.3 Å². The van der Waals surface area contributed by atoms with Crippen molar-refractivity contribution < 1.29 is 36.2 Å². The van der Waals surface area contributed by atoms with E-state index < -0.39 is 52.1 Å². The van der Waals surface area contributed by atoms with Crippen LogP contribution < -0.4 is 10.1 Å². The number of aromatic nitrogens is 4. The first kappa shape index (κ1) is 27.2. The zero-order chi connectivity index (χ0) is 28.3. The van der Waals surface area contributed by atoms with Crippen molar-refractivity contribution >= 4 is 29.3 Å². The molecule has 1 aliphatic carbocycles. The number of hydrogen-bond donors (Lipinski definition) is 1. The number of carbonyl (C=O) groups excluding carboxylic acids is 1. The van der Waals surface area contributed by atoms with E-state index in [4.69, 9.17) is 21.1 Å². The third kappa shape index (κ3) is 5.65. The SMILES string of the molecule is CC(C)(C)OC(=O)N1CC2C(COc3cc(F)c(-c4c(Cl)nc5ncnn5c4NCC(F)(F)F)c(F)c3)C2C1. The van der Waals surface area contributed by atoms with Crippen molar-refractivity contribution in [2.75, 3.05) is 31.6 Å². The Balaban J connectivity index is 1.31. The highest BCUT2D eigenvalue weighted by molar-refractivity contribution is 6.33. The number of likely N-dealkylation sites (tertiary alicyclic amines) is 1. The van der Waals surface area contributed by atoms with Crippen LogP contribution in [0.25, 0.3) is 16.9 Å². The number of anilines is 1. The average Bonchev–Trinajstić information content (AvgIpc) is 3.14. The Morgan fingerprint density at radius 1 is 1.13 bits per heavy atom. The Labute approximate surface area is 224 Å². The molecule has 0 spiro atoms. The van der Waals surface area contributed by atoms with Crippen molar-refractivity contribution in [2.45, 2.75) is 32.5 Å². The van der Waals surface area contributed by atoms with Crippen LogP contribution in [0.3, 0.4) is 0 Å². The lowest BCUT2D eigenvalue weighted by atomic mass is 10.1. The molecule has 3 heterocycles. The summed E-state index contributed by atoms with van der Waals surface area (Å²) in [5.41, 5.74) is -1.74. The fraction of sp³-hybridized carbons (Fsp3) is 0.500. The molecule has 1 amide bonds. The summed E-state index contributed by atoms with van der Waals surface area (Å²) in [6, 6.07) is 1.86.